The fraction of sp³-hybridized carbons (Fsp3) is 0.143. The van der Waals surface area contributed by atoms with Crippen LogP contribution >= 0.6 is 11.3 Å². The number of hydrogen-bond acceptors (Lipinski definition) is 3. The smallest absolute Gasteiger partial charge is 0.288 e. The highest BCUT2D eigenvalue weighted by atomic mass is 32.1. The average molecular weight is 362 g/mol. The number of aryl methyl sites for hydroxylation is 2. The number of nitrogens with zero attached hydrogens (tertiary/aromatic N) is 2. The molecule has 0 atom stereocenters. The van der Waals surface area contributed by atoms with Gasteiger partial charge in [-0.05, 0) is 54.1 Å². The second-order valence-corrected chi connectivity index (χ2v) is 7.39. The third-order valence-electron chi connectivity index (χ3n) is 4.40. The van der Waals surface area contributed by atoms with Crippen molar-refractivity contribution in [3.05, 3.63) is 97.5 Å². The van der Waals surface area contributed by atoms with Gasteiger partial charge in [-0.1, -0.05) is 36.4 Å². The molecule has 0 N–H and O–H groups in total. The molecule has 4 aromatic rings. The first-order chi connectivity index (χ1) is 12.5. The molecule has 2 aromatic carbocycles. The number of hydrogen-bond donors (Lipinski definition) is 0. The molecule has 0 saturated carbocycles. The van der Waals surface area contributed by atoms with Crippen molar-refractivity contribution < 1.29 is 0 Å². The molecular weight excluding hydrogens is 344 g/mol. The Kier molecular flexibility index (Phi) is 4.09. The number of fused-ring (bicyclic) bond motifs is 1. The number of benzene rings is 2. The molecule has 0 fully saturated rings. The Morgan fingerprint density at radius 1 is 0.923 bits per heavy atom. The van der Waals surface area contributed by atoms with E-state index < -0.39 is 0 Å². The fourth-order valence-corrected chi connectivity index (χ4v) is 4.14. The number of thiophene rings is 1. The lowest BCUT2D eigenvalue weighted by atomic mass is 10.1. The number of rotatable bonds is 3. The van der Waals surface area contributed by atoms with E-state index in [0.29, 0.717) is 22.4 Å². The SMILES string of the molecule is Cc1cc(C)cc(-n2c(=O)c3sccc3n(Cc3ccccc3)c2=O)c1. The first-order valence-corrected chi connectivity index (χ1v) is 9.28. The summed E-state index contributed by atoms with van der Waals surface area (Å²) in [7, 11) is 0. The van der Waals surface area contributed by atoms with Crippen LogP contribution in [0.5, 0.6) is 0 Å². The quantitative estimate of drug-likeness (QED) is 0.555. The monoisotopic (exact) mass is 362 g/mol. The highest BCUT2D eigenvalue weighted by Crippen LogP contribution is 2.18. The molecule has 4 rings (SSSR count). The van der Waals surface area contributed by atoms with E-state index in [2.05, 4.69) is 0 Å². The van der Waals surface area contributed by atoms with Gasteiger partial charge < -0.3 is 0 Å². The summed E-state index contributed by atoms with van der Waals surface area (Å²) < 4.78 is 3.57. The van der Waals surface area contributed by atoms with E-state index in [4.69, 9.17) is 0 Å². The van der Waals surface area contributed by atoms with Gasteiger partial charge in [0.05, 0.1) is 17.7 Å². The summed E-state index contributed by atoms with van der Waals surface area (Å²) in [4.78, 5) is 26.3. The normalized spacial score (nSPS) is 11.2. The zero-order valence-corrected chi connectivity index (χ0v) is 15.4. The maximum atomic E-state index is 13.3. The third kappa shape index (κ3) is 2.80. The van der Waals surface area contributed by atoms with Gasteiger partial charge >= 0.3 is 5.69 Å². The second kappa shape index (κ2) is 6.42. The Labute approximate surface area is 154 Å². The summed E-state index contributed by atoms with van der Waals surface area (Å²) in [6.45, 7) is 4.36. The molecule has 4 nitrogen and oxygen atoms in total. The van der Waals surface area contributed by atoms with Crippen LogP contribution in [-0.4, -0.2) is 9.13 Å². The van der Waals surface area contributed by atoms with Gasteiger partial charge in [0.15, 0.2) is 0 Å². The minimum Gasteiger partial charge on any atom is -0.288 e. The van der Waals surface area contributed by atoms with E-state index >= 15 is 0 Å². The van der Waals surface area contributed by atoms with Crippen molar-refractivity contribution >= 4 is 21.6 Å². The van der Waals surface area contributed by atoms with Crippen molar-refractivity contribution in [3.8, 4) is 5.69 Å². The Bertz CT molecular complexity index is 1200. The maximum absolute atomic E-state index is 13.3. The Morgan fingerprint density at radius 2 is 1.62 bits per heavy atom. The third-order valence-corrected chi connectivity index (χ3v) is 5.29. The van der Waals surface area contributed by atoms with Gasteiger partial charge in [-0.15, -0.1) is 11.3 Å². The van der Waals surface area contributed by atoms with Crippen molar-refractivity contribution in [1.82, 2.24) is 9.13 Å². The van der Waals surface area contributed by atoms with Gasteiger partial charge in [-0.2, -0.15) is 0 Å². The van der Waals surface area contributed by atoms with Crippen molar-refractivity contribution in [3.63, 3.8) is 0 Å². The predicted molar refractivity (Wildman–Crippen MR) is 107 cm³/mol. The van der Waals surface area contributed by atoms with E-state index in [9.17, 15) is 9.59 Å². The predicted octanol–water partition coefficient (Wildman–Crippen LogP) is 3.88. The molecule has 0 spiro atoms. The van der Waals surface area contributed by atoms with E-state index in [1.807, 2.05) is 73.8 Å². The minimum atomic E-state index is -0.310. The Balaban J connectivity index is 2.02. The van der Waals surface area contributed by atoms with Gasteiger partial charge in [-0.3, -0.25) is 9.36 Å². The van der Waals surface area contributed by atoms with Gasteiger partial charge in [0.25, 0.3) is 5.56 Å². The van der Waals surface area contributed by atoms with Gasteiger partial charge in [0.2, 0.25) is 0 Å². The second-order valence-electron chi connectivity index (χ2n) is 6.48. The fourth-order valence-electron chi connectivity index (χ4n) is 3.31. The topological polar surface area (TPSA) is 44.0 Å². The summed E-state index contributed by atoms with van der Waals surface area (Å²) >= 11 is 1.37. The molecule has 130 valence electrons. The molecular formula is C21H18N2O2S. The molecule has 26 heavy (non-hydrogen) atoms. The zero-order chi connectivity index (χ0) is 18.3. The van der Waals surface area contributed by atoms with Crippen molar-refractivity contribution in [1.29, 1.82) is 0 Å². The Morgan fingerprint density at radius 3 is 2.31 bits per heavy atom. The molecule has 0 aliphatic heterocycles. The van der Waals surface area contributed by atoms with Crippen LogP contribution in [0.4, 0.5) is 0 Å². The lowest BCUT2D eigenvalue weighted by Gasteiger charge is -2.13. The summed E-state index contributed by atoms with van der Waals surface area (Å²) in [5.41, 5.74) is 3.81. The van der Waals surface area contributed by atoms with Crippen LogP contribution in [0.3, 0.4) is 0 Å². The molecule has 5 heteroatoms. The van der Waals surface area contributed by atoms with Crippen LogP contribution in [0.25, 0.3) is 15.9 Å². The lowest BCUT2D eigenvalue weighted by Crippen LogP contribution is -2.38. The van der Waals surface area contributed by atoms with Crippen LogP contribution in [0.1, 0.15) is 16.7 Å². The zero-order valence-electron chi connectivity index (χ0n) is 14.6. The summed E-state index contributed by atoms with van der Waals surface area (Å²) in [5.74, 6) is 0. The summed E-state index contributed by atoms with van der Waals surface area (Å²) in [5, 5.41) is 1.86. The minimum absolute atomic E-state index is 0.255. The van der Waals surface area contributed by atoms with Crippen molar-refractivity contribution in [2.45, 2.75) is 20.4 Å². The van der Waals surface area contributed by atoms with Gasteiger partial charge in [-0.25, -0.2) is 9.36 Å². The first-order valence-electron chi connectivity index (χ1n) is 8.40. The van der Waals surface area contributed by atoms with Crippen LogP contribution in [-0.2, 0) is 6.54 Å². The molecule has 2 heterocycles. The first kappa shape index (κ1) is 16.5. The van der Waals surface area contributed by atoms with Gasteiger partial charge in [0, 0.05) is 0 Å². The molecule has 0 amide bonds. The standard InChI is InChI=1S/C21H18N2O2S/c1-14-10-15(2)12-17(11-14)23-20(24)19-18(8-9-26-19)22(21(23)25)13-16-6-4-3-5-7-16/h3-12H,13H2,1-2H3. The largest absolute Gasteiger partial charge is 0.336 e. The van der Waals surface area contributed by atoms with E-state index in [-0.39, 0.29) is 11.2 Å². The van der Waals surface area contributed by atoms with Crippen LogP contribution in [0, 0.1) is 13.8 Å². The molecule has 2 aromatic heterocycles. The van der Waals surface area contributed by atoms with Crippen molar-refractivity contribution in [2.24, 2.45) is 0 Å². The van der Waals surface area contributed by atoms with Gasteiger partial charge in [0.1, 0.15) is 4.70 Å². The highest BCUT2D eigenvalue weighted by molar-refractivity contribution is 7.17. The highest BCUT2D eigenvalue weighted by Gasteiger charge is 2.16. The molecule has 0 unspecified atom stereocenters. The van der Waals surface area contributed by atoms with E-state index in [0.717, 1.165) is 16.7 Å². The van der Waals surface area contributed by atoms with Crippen LogP contribution in [0.2, 0.25) is 0 Å². The molecule has 0 saturated heterocycles. The molecule has 0 radical (unpaired) electrons. The van der Waals surface area contributed by atoms with Crippen LogP contribution < -0.4 is 11.2 Å². The summed E-state index contributed by atoms with van der Waals surface area (Å²) in [6, 6.07) is 17.4. The Hall–Kier alpha value is -2.92. The van der Waals surface area contributed by atoms with E-state index in [1.165, 1.54) is 15.9 Å². The molecule has 0 aliphatic rings. The van der Waals surface area contributed by atoms with E-state index in [1.54, 1.807) is 4.57 Å². The van der Waals surface area contributed by atoms with Crippen LogP contribution in [0.15, 0.2) is 69.6 Å². The molecule has 0 aliphatic carbocycles. The number of aromatic nitrogens is 2. The average Bonchev–Trinajstić information content (AvgIpc) is 3.09. The lowest BCUT2D eigenvalue weighted by molar-refractivity contribution is 0.716. The van der Waals surface area contributed by atoms with Crippen molar-refractivity contribution in [2.75, 3.05) is 0 Å². The maximum Gasteiger partial charge on any atom is 0.336 e. The summed E-state index contributed by atoms with van der Waals surface area (Å²) in [6.07, 6.45) is 0. The molecule has 0 bridgehead atoms.